The van der Waals surface area contributed by atoms with Gasteiger partial charge in [0.05, 0.1) is 0 Å². The summed E-state index contributed by atoms with van der Waals surface area (Å²) in [5.41, 5.74) is 0.572. The summed E-state index contributed by atoms with van der Waals surface area (Å²) in [6.07, 6.45) is 0. The summed E-state index contributed by atoms with van der Waals surface area (Å²) in [5, 5.41) is 18.2. The molecule has 0 unspecified atom stereocenters. The predicted octanol–water partition coefficient (Wildman–Crippen LogP) is -0.125. The van der Waals surface area contributed by atoms with Gasteiger partial charge in [0.15, 0.2) is 5.13 Å². The fourth-order valence-electron chi connectivity index (χ4n) is 0.727. The van der Waals surface area contributed by atoms with Crippen LogP contribution in [0, 0.1) is 12.1 Å². The van der Waals surface area contributed by atoms with E-state index in [0.717, 1.165) is 11.3 Å². The highest BCUT2D eigenvalue weighted by atomic mass is 32.1. The van der Waals surface area contributed by atoms with Gasteiger partial charge in [-0.1, -0.05) is 0 Å². The Bertz CT molecular complexity index is 216. The van der Waals surface area contributed by atoms with Gasteiger partial charge in [0.1, 0.15) is 0 Å². The van der Waals surface area contributed by atoms with E-state index in [1.54, 1.807) is 12.3 Å². The zero-order chi connectivity index (χ0) is 7.72. The van der Waals surface area contributed by atoms with E-state index in [1.165, 1.54) is 0 Å². The van der Waals surface area contributed by atoms with Crippen LogP contribution in [0.1, 0.15) is 5.56 Å². The smallest absolute Gasteiger partial charge is 0.423 e. The zero-order valence-electron chi connectivity index (χ0n) is 5.34. The normalized spacial score (nSPS) is 10.0. The fraction of sp³-hybridized carbons (Fsp3) is 0.200. The molecule has 0 amide bonds. The second kappa shape index (κ2) is 2.69. The summed E-state index contributed by atoms with van der Waals surface area (Å²) in [6.45, 7) is 1.63. The van der Waals surface area contributed by atoms with E-state index in [2.05, 4.69) is 0 Å². The Balaban J connectivity index is 3.10. The van der Waals surface area contributed by atoms with Crippen LogP contribution in [-0.2, 0) is 0 Å². The third-order valence-corrected chi connectivity index (χ3v) is 2.13. The van der Waals surface area contributed by atoms with Crippen molar-refractivity contribution in [3.05, 3.63) is 16.1 Å². The summed E-state index contributed by atoms with van der Waals surface area (Å²) >= 11 is 0.873. The Hall–Kier alpha value is -0.385. The number of thiophene rings is 1. The van der Waals surface area contributed by atoms with Gasteiger partial charge in [0.2, 0.25) is 0 Å². The van der Waals surface area contributed by atoms with Crippen molar-refractivity contribution >= 4 is 23.9 Å². The second-order valence-electron chi connectivity index (χ2n) is 1.98. The molecule has 1 heterocycles. The number of halogens is 1. The topological polar surface area (TPSA) is 40.5 Å². The molecule has 2 nitrogen and oxygen atoms in total. The molecule has 0 bridgehead atoms. The van der Waals surface area contributed by atoms with Gasteiger partial charge >= 0.3 is 7.12 Å². The summed E-state index contributed by atoms with van der Waals surface area (Å²) in [7, 11) is -1.69. The largest absolute Gasteiger partial charge is 0.492 e. The van der Waals surface area contributed by atoms with Crippen molar-refractivity contribution in [3.8, 4) is 0 Å². The van der Waals surface area contributed by atoms with Crippen LogP contribution < -0.4 is 5.46 Å². The molecular formula is C5H6BFO2S. The highest BCUT2D eigenvalue weighted by molar-refractivity contribution is 7.09. The van der Waals surface area contributed by atoms with Crippen LogP contribution in [0.15, 0.2) is 5.38 Å². The van der Waals surface area contributed by atoms with Crippen molar-refractivity contribution in [1.82, 2.24) is 0 Å². The number of hydrogen-bond donors (Lipinski definition) is 2. The summed E-state index contributed by atoms with van der Waals surface area (Å²) in [5.74, 6) is 0. The minimum atomic E-state index is -1.69. The predicted molar refractivity (Wildman–Crippen MR) is 38.8 cm³/mol. The summed E-state index contributed by atoms with van der Waals surface area (Å²) in [4.78, 5) is 0. The lowest BCUT2D eigenvalue weighted by Gasteiger charge is -1.95. The van der Waals surface area contributed by atoms with Crippen molar-refractivity contribution in [1.29, 1.82) is 0 Å². The van der Waals surface area contributed by atoms with Gasteiger partial charge in [-0.3, -0.25) is 0 Å². The Morgan fingerprint density at radius 1 is 1.60 bits per heavy atom. The van der Waals surface area contributed by atoms with Crippen LogP contribution >= 0.6 is 11.3 Å². The molecule has 0 fully saturated rings. The Morgan fingerprint density at radius 2 is 2.20 bits per heavy atom. The lowest BCUT2D eigenvalue weighted by molar-refractivity contribution is 0.423. The van der Waals surface area contributed by atoms with E-state index in [-0.39, 0.29) is 5.46 Å². The van der Waals surface area contributed by atoms with Gasteiger partial charge in [0, 0.05) is 5.46 Å². The summed E-state index contributed by atoms with van der Waals surface area (Å²) in [6, 6.07) is 0. The lowest BCUT2D eigenvalue weighted by atomic mass is 9.80. The van der Waals surface area contributed by atoms with Gasteiger partial charge in [-0.05, 0) is 17.9 Å². The Labute approximate surface area is 62.1 Å². The van der Waals surface area contributed by atoms with Crippen molar-refractivity contribution in [2.75, 3.05) is 0 Å². The first-order valence-corrected chi connectivity index (χ1v) is 3.60. The fourth-order valence-corrected chi connectivity index (χ4v) is 1.53. The molecule has 0 saturated heterocycles. The number of hydrogen-bond acceptors (Lipinski definition) is 3. The minimum Gasteiger partial charge on any atom is -0.423 e. The molecule has 0 aliphatic rings. The van der Waals surface area contributed by atoms with Gasteiger partial charge in [0.25, 0.3) is 0 Å². The number of aryl methyl sites for hydroxylation is 1. The van der Waals surface area contributed by atoms with E-state index in [0.29, 0.717) is 5.56 Å². The van der Waals surface area contributed by atoms with E-state index >= 15 is 0 Å². The molecule has 54 valence electrons. The Morgan fingerprint density at radius 3 is 2.40 bits per heavy atom. The first-order valence-electron chi connectivity index (χ1n) is 2.72. The second-order valence-corrected chi connectivity index (χ2v) is 2.81. The molecular weight excluding hydrogens is 154 g/mol. The van der Waals surface area contributed by atoms with E-state index < -0.39 is 12.2 Å². The van der Waals surface area contributed by atoms with Crippen LogP contribution in [0.3, 0.4) is 0 Å². The van der Waals surface area contributed by atoms with Crippen LogP contribution in [-0.4, -0.2) is 17.2 Å². The molecule has 0 radical (unpaired) electrons. The van der Waals surface area contributed by atoms with Crippen molar-refractivity contribution in [2.45, 2.75) is 6.92 Å². The third kappa shape index (κ3) is 1.21. The minimum absolute atomic E-state index is 0.00926. The average Bonchev–Trinajstić information content (AvgIpc) is 2.11. The molecule has 0 aromatic carbocycles. The van der Waals surface area contributed by atoms with Gasteiger partial charge in [-0.2, -0.15) is 4.39 Å². The maximum Gasteiger partial charge on any atom is 0.492 e. The van der Waals surface area contributed by atoms with Crippen LogP contribution in [0.4, 0.5) is 4.39 Å². The quantitative estimate of drug-likeness (QED) is 0.562. The third-order valence-electron chi connectivity index (χ3n) is 1.23. The highest BCUT2D eigenvalue weighted by Crippen LogP contribution is 2.08. The molecule has 0 aliphatic carbocycles. The molecule has 10 heavy (non-hydrogen) atoms. The van der Waals surface area contributed by atoms with E-state index in [1.807, 2.05) is 0 Å². The van der Waals surface area contributed by atoms with E-state index in [9.17, 15) is 4.39 Å². The van der Waals surface area contributed by atoms with Crippen LogP contribution in [0.2, 0.25) is 0 Å². The van der Waals surface area contributed by atoms with Crippen LogP contribution in [0.5, 0.6) is 0 Å². The lowest BCUT2D eigenvalue weighted by Crippen LogP contribution is -2.32. The standard InChI is InChI=1S/C5H6BFO2S/c1-3-2-10-5(7)4(3)6(8)9/h2,8-9H,1H3. The molecule has 0 aliphatic heterocycles. The van der Waals surface area contributed by atoms with Gasteiger partial charge in [-0.15, -0.1) is 11.3 Å². The monoisotopic (exact) mass is 160 g/mol. The maximum absolute atomic E-state index is 12.6. The SMILES string of the molecule is Cc1csc(F)c1B(O)O. The Kier molecular flexibility index (Phi) is 2.08. The zero-order valence-corrected chi connectivity index (χ0v) is 6.15. The average molecular weight is 160 g/mol. The first-order chi connectivity index (χ1) is 4.63. The molecule has 2 N–H and O–H groups in total. The molecule has 0 saturated carbocycles. The first kappa shape index (κ1) is 7.72. The molecule has 1 aromatic rings. The molecule has 5 heteroatoms. The molecule has 1 rings (SSSR count). The maximum atomic E-state index is 12.6. The molecule has 1 aromatic heterocycles. The van der Waals surface area contributed by atoms with E-state index in [4.69, 9.17) is 10.0 Å². The van der Waals surface area contributed by atoms with Crippen LogP contribution in [0.25, 0.3) is 0 Å². The van der Waals surface area contributed by atoms with Crippen molar-refractivity contribution in [2.24, 2.45) is 0 Å². The van der Waals surface area contributed by atoms with Gasteiger partial charge in [-0.25, -0.2) is 0 Å². The molecule has 0 spiro atoms. The molecule has 0 atom stereocenters. The van der Waals surface area contributed by atoms with Crippen molar-refractivity contribution < 1.29 is 14.4 Å². The number of rotatable bonds is 1. The highest BCUT2D eigenvalue weighted by Gasteiger charge is 2.20. The van der Waals surface area contributed by atoms with Crippen molar-refractivity contribution in [3.63, 3.8) is 0 Å². The summed E-state index contributed by atoms with van der Waals surface area (Å²) < 4.78 is 12.6. The van der Waals surface area contributed by atoms with Gasteiger partial charge < -0.3 is 10.0 Å².